The molecule has 11 nitrogen and oxygen atoms in total. The molecule has 0 spiro atoms. The summed E-state index contributed by atoms with van der Waals surface area (Å²) < 4.78 is 33.5. The van der Waals surface area contributed by atoms with Crippen molar-refractivity contribution in [2.24, 2.45) is 0 Å². The van der Waals surface area contributed by atoms with Crippen LogP contribution in [0.4, 0.5) is 5.69 Å². The first-order valence-electron chi connectivity index (χ1n) is 11.5. The Bertz CT molecular complexity index is 1470. The quantitative estimate of drug-likeness (QED) is 0.274. The third kappa shape index (κ3) is 4.02. The van der Waals surface area contributed by atoms with E-state index in [1.165, 1.54) is 12.1 Å². The van der Waals surface area contributed by atoms with Gasteiger partial charge in [-0.3, -0.25) is 19.5 Å². The van der Waals surface area contributed by atoms with E-state index < -0.39 is 31.4 Å². The number of piperidine rings is 1. The number of benzene rings is 2. The number of amides is 1. The Morgan fingerprint density at radius 2 is 1.71 bits per heavy atom. The molecule has 2 aliphatic heterocycles. The molecule has 1 aromatic heterocycles. The predicted molar refractivity (Wildman–Crippen MR) is 126 cm³/mol. The Morgan fingerprint density at radius 1 is 1.00 bits per heavy atom. The van der Waals surface area contributed by atoms with Crippen molar-refractivity contribution < 1.29 is 22.6 Å². The van der Waals surface area contributed by atoms with Gasteiger partial charge in [0.05, 0.1) is 16.0 Å². The summed E-state index contributed by atoms with van der Waals surface area (Å²) in [5.41, 5.74) is 0.654. The maximum absolute atomic E-state index is 12.8. The second-order valence-corrected chi connectivity index (χ2v) is 10.6. The van der Waals surface area contributed by atoms with Gasteiger partial charge in [-0.1, -0.05) is 18.2 Å². The summed E-state index contributed by atoms with van der Waals surface area (Å²) in [4.78, 5) is 37.2. The summed E-state index contributed by atoms with van der Waals surface area (Å²) in [6, 6.07) is 11.2. The van der Waals surface area contributed by atoms with E-state index >= 15 is 0 Å². The van der Waals surface area contributed by atoms with Crippen molar-refractivity contribution in [3.05, 3.63) is 68.7 Å². The highest BCUT2D eigenvalue weighted by Gasteiger charge is 2.45. The Hall–Kier alpha value is -3.51. The van der Waals surface area contributed by atoms with Gasteiger partial charge in [0.25, 0.3) is 21.6 Å². The van der Waals surface area contributed by atoms with Gasteiger partial charge < -0.3 is 9.32 Å². The standard InChI is InChI=1S/C23H24N4O7S/c28-22-17-6-5-8-19(27(30)31)21(17)35(32,33)25(22)13-4-3-12-24-14-10-16(11-15-24)26-18-7-1-2-9-20(18)34-23(26)29/h1-2,5-9,16H,3-4,10-15H2. The fourth-order valence-electron chi connectivity index (χ4n) is 5.01. The molecule has 1 fully saturated rings. The highest BCUT2D eigenvalue weighted by molar-refractivity contribution is 7.90. The largest absolute Gasteiger partial charge is 0.420 e. The van der Waals surface area contributed by atoms with Crippen LogP contribution in [0.2, 0.25) is 0 Å². The van der Waals surface area contributed by atoms with E-state index in [4.69, 9.17) is 4.42 Å². The Kier molecular flexibility index (Phi) is 5.93. The van der Waals surface area contributed by atoms with E-state index in [0.29, 0.717) is 18.4 Å². The van der Waals surface area contributed by atoms with Crippen LogP contribution in [0.5, 0.6) is 0 Å². The summed E-state index contributed by atoms with van der Waals surface area (Å²) in [5, 5.41) is 11.3. The van der Waals surface area contributed by atoms with Crippen molar-refractivity contribution in [1.29, 1.82) is 0 Å². The molecule has 5 rings (SSSR count). The van der Waals surface area contributed by atoms with E-state index in [0.717, 1.165) is 48.4 Å². The summed E-state index contributed by atoms with van der Waals surface area (Å²) >= 11 is 0. The minimum atomic E-state index is -4.24. The Labute approximate surface area is 200 Å². The molecule has 1 amide bonds. The lowest BCUT2D eigenvalue weighted by Crippen LogP contribution is -2.37. The fraction of sp³-hybridized carbons (Fsp3) is 0.391. The van der Waals surface area contributed by atoms with Crippen LogP contribution >= 0.6 is 0 Å². The second-order valence-electron chi connectivity index (χ2n) is 8.78. The molecule has 0 radical (unpaired) electrons. The average Bonchev–Trinajstić information content (AvgIpc) is 3.28. The third-order valence-electron chi connectivity index (χ3n) is 6.72. The van der Waals surface area contributed by atoms with Crippen LogP contribution in [-0.4, -0.2) is 59.2 Å². The molecule has 1 saturated heterocycles. The molecule has 0 atom stereocenters. The lowest BCUT2D eigenvalue weighted by Gasteiger charge is -2.32. The van der Waals surface area contributed by atoms with Crippen LogP contribution in [0.3, 0.4) is 0 Å². The molecule has 0 N–H and O–H groups in total. The van der Waals surface area contributed by atoms with Crippen LogP contribution in [-0.2, 0) is 10.0 Å². The third-order valence-corrected chi connectivity index (χ3v) is 8.60. The van der Waals surface area contributed by atoms with Gasteiger partial charge in [-0.2, -0.15) is 0 Å². The van der Waals surface area contributed by atoms with Crippen LogP contribution in [0.1, 0.15) is 42.1 Å². The normalized spacial score (nSPS) is 18.3. The lowest BCUT2D eigenvalue weighted by molar-refractivity contribution is -0.387. The van der Waals surface area contributed by atoms with Crippen LogP contribution in [0.25, 0.3) is 11.1 Å². The van der Waals surface area contributed by atoms with Crippen LogP contribution < -0.4 is 5.76 Å². The van der Waals surface area contributed by atoms with Gasteiger partial charge in [0.2, 0.25) is 0 Å². The number of oxazole rings is 1. The molecular weight excluding hydrogens is 476 g/mol. The summed E-state index contributed by atoms with van der Waals surface area (Å²) in [7, 11) is -4.24. The van der Waals surface area contributed by atoms with Gasteiger partial charge >= 0.3 is 5.76 Å². The molecule has 2 aliphatic rings. The van der Waals surface area contributed by atoms with Crippen molar-refractivity contribution in [3.63, 3.8) is 0 Å². The van der Waals surface area contributed by atoms with Gasteiger partial charge in [-0.05, 0) is 50.4 Å². The predicted octanol–water partition coefficient (Wildman–Crippen LogP) is 2.76. The molecule has 12 heteroatoms. The number of nitrogens with zero attached hydrogens (tertiary/aromatic N) is 4. The van der Waals surface area contributed by atoms with E-state index in [-0.39, 0.29) is 23.9 Å². The number of nitro groups is 1. The van der Waals surface area contributed by atoms with Gasteiger partial charge in [0.1, 0.15) is 0 Å². The molecule has 2 aromatic carbocycles. The van der Waals surface area contributed by atoms with Gasteiger partial charge in [0.15, 0.2) is 10.5 Å². The number of carbonyl (C=O) groups excluding carboxylic acids is 1. The van der Waals surface area contributed by atoms with Crippen molar-refractivity contribution in [3.8, 4) is 0 Å². The highest BCUT2D eigenvalue weighted by Crippen LogP contribution is 2.37. The van der Waals surface area contributed by atoms with Gasteiger partial charge in [-0.25, -0.2) is 17.5 Å². The fourth-order valence-corrected chi connectivity index (χ4v) is 6.75. The lowest BCUT2D eigenvalue weighted by atomic mass is 10.0. The number of para-hydroxylation sites is 2. The summed E-state index contributed by atoms with van der Waals surface area (Å²) in [5.74, 6) is -1.07. The zero-order chi connectivity index (χ0) is 24.7. The minimum Gasteiger partial charge on any atom is -0.408 e. The molecule has 3 aromatic rings. The van der Waals surface area contributed by atoms with E-state index in [1.807, 2.05) is 18.2 Å². The van der Waals surface area contributed by atoms with E-state index in [9.17, 15) is 28.1 Å². The molecule has 0 aliphatic carbocycles. The molecular formula is C23H24N4O7S. The summed E-state index contributed by atoms with van der Waals surface area (Å²) in [6.45, 7) is 2.27. The number of unbranched alkanes of at least 4 members (excludes halogenated alkanes) is 1. The first kappa shape index (κ1) is 23.2. The van der Waals surface area contributed by atoms with E-state index in [2.05, 4.69) is 4.90 Å². The average molecular weight is 501 g/mol. The molecule has 0 bridgehead atoms. The highest BCUT2D eigenvalue weighted by atomic mass is 32.2. The number of aromatic nitrogens is 1. The number of hydrogen-bond acceptors (Lipinski definition) is 8. The van der Waals surface area contributed by atoms with Gasteiger partial charge in [-0.15, -0.1) is 0 Å². The molecule has 3 heterocycles. The Balaban J connectivity index is 1.15. The molecule has 184 valence electrons. The van der Waals surface area contributed by atoms with Crippen molar-refractivity contribution in [2.45, 2.75) is 36.6 Å². The first-order chi connectivity index (χ1) is 16.8. The SMILES string of the molecule is O=C1c2cccc([N+](=O)[O-])c2S(=O)(=O)N1CCCCN1CCC(n2c(=O)oc3ccccc32)CC1. The smallest absolute Gasteiger partial charge is 0.408 e. The molecule has 0 saturated carbocycles. The number of sulfonamides is 1. The summed E-state index contributed by atoms with van der Waals surface area (Å²) in [6.07, 6.45) is 2.69. The monoisotopic (exact) mass is 500 g/mol. The number of likely N-dealkylation sites (tertiary alicyclic amines) is 1. The van der Waals surface area contributed by atoms with Gasteiger partial charge in [0, 0.05) is 31.7 Å². The zero-order valence-corrected chi connectivity index (χ0v) is 19.6. The van der Waals surface area contributed by atoms with Crippen molar-refractivity contribution in [2.75, 3.05) is 26.2 Å². The van der Waals surface area contributed by atoms with Crippen LogP contribution in [0.15, 0.2) is 56.6 Å². The minimum absolute atomic E-state index is 0.0279. The molecule has 0 unspecified atom stereocenters. The Morgan fingerprint density at radius 3 is 2.46 bits per heavy atom. The van der Waals surface area contributed by atoms with Crippen molar-refractivity contribution >= 4 is 32.7 Å². The van der Waals surface area contributed by atoms with Crippen molar-refractivity contribution in [1.82, 2.24) is 13.8 Å². The topological polar surface area (TPSA) is 136 Å². The maximum Gasteiger partial charge on any atom is 0.420 e. The number of hydrogen-bond donors (Lipinski definition) is 0. The first-order valence-corrected chi connectivity index (χ1v) is 12.9. The number of rotatable bonds is 7. The molecule has 35 heavy (non-hydrogen) atoms. The number of fused-ring (bicyclic) bond motifs is 2. The second kappa shape index (κ2) is 8.93. The number of carbonyl (C=O) groups is 1. The van der Waals surface area contributed by atoms with Crippen LogP contribution in [0, 0.1) is 10.1 Å². The maximum atomic E-state index is 12.8. The zero-order valence-electron chi connectivity index (χ0n) is 18.8. The van der Waals surface area contributed by atoms with E-state index in [1.54, 1.807) is 10.6 Å². The number of nitro benzene ring substituents is 1.